The number of rotatable bonds is 6. The first-order valence-corrected chi connectivity index (χ1v) is 6.63. The molecule has 0 aliphatic carbocycles. The van der Waals surface area contributed by atoms with Crippen molar-refractivity contribution in [2.24, 2.45) is 0 Å². The van der Waals surface area contributed by atoms with Crippen molar-refractivity contribution in [3.05, 3.63) is 35.4 Å². The van der Waals surface area contributed by atoms with Gasteiger partial charge in [0.25, 0.3) is 0 Å². The molecule has 3 heteroatoms. The average Bonchev–Trinajstić information content (AvgIpc) is 2.25. The summed E-state index contributed by atoms with van der Waals surface area (Å²) in [6.07, 6.45) is 4.77. The molecule has 0 nitrogen and oxygen atoms in total. The van der Waals surface area contributed by atoms with Crippen LogP contribution in [-0.4, -0.2) is 4.83 Å². The summed E-state index contributed by atoms with van der Waals surface area (Å²) in [7, 11) is 0. The first-order chi connectivity index (χ1) is 7.65. The van der Waals surface area contributed by atoms with Gasteiger partial charge in [-0.25, -0.2) is 8.78 Å². The Labute approximate surface area is 104 Å². The molecular weight excluding hydrogens is 274 g/mol. The fourth-order valence-electron chi connectivity index (χ4n) is 1.71. The van der Waals surface area contributed by atoms with E-state index in [9.17, 15) is 8.78 Å². The van der Waals surface area contributed by atoms with Crippen LogP contribution in [0.15, 0.2) is 18.2 Å². The van der Waals surface area contributed by atoms with E-state index in [1.165, 1.54) is 0 Å². The third-order valence-electron chi connectivity index (χ3n) is 2.60. The Bertz CT molecular complexity index is 326. The highest BCUT2D eigenvalue weighted by molar-refractivity contribution is 9.09. The van der Waals surface area contributed by atoms with Gasteiger partial charge in [0.1, 0.15) is 0 Å². The van der Waals surface area contributed by atoms with Crippen LogP contribution in [0.1, 0.15) is 38.2 Å². The minimum atomic E-state index is -0.749. The molecule has 1 aromatic rings. The highest BCUT2D eigenvalue weighted by Gasteiger charge is 2.08. The highest BCUT2D eigenvalue weighted by Crippen LogP contribution is 2.18. The Morgan fingerprint density at radius 2 is 2.00 bits per heavy atom. The molecule has 1 unspecified atom stereocenters. The van der Waals surface area contributed by atoms with Gasteiger partial charge in [0.2, 0.25) is 0 Å². The molecule has 0 aromatic heterocycles. The molecule has 1 aromatic carbocycles. The van der Waals surface area contributed by atoms with E-state index in [1.807, 2.05) is 0 Å². The minimum absolute atomic E-state index is 0.483. The number of hydrogen-bond donors (Lipinski definition) is 0. The maximum atomic E-state index is 13.3. The van der Waals surface area contributed by atoms with E-state index in [0.29, 0.717) is 16.8 Å². The Hall–Kier alpha value is -0.440. The van der Waals surface area contributed by atoms with E-state index >= 15 is 0 Å². The van der Waals surface area contributed by atoms with Gasteiger partial charge in [0.05, 0.1) is 0 Å². The molecule has 0 N–H and O–H groups in total. The molecule has 0 spiro atoms. The lowest BCUT2D eigenvalue weighted by atomic mass is 10.0. The van der Waals surface area contributed by atoms with E-state index in [0.717, 1.165) is 31.7 Å². The summed E-state index contributed by atoms with van der Waals surface area (Å²) in [5.41, 5.74) is 0.483. The summed E-state index contributed by atoms with van der Waals surface area (Å²) < 4.78 is 26.2. The van der Waals surface area contributed by atoms with Crippen LogP contribution in [0.2, 0.25) is 0 Å². The normalized spacial score (nSPS) is 12.8. The van der Waals surface area contributed by atoms with Gasteiger partial charge in [0.15, 0.2) is 11.6 Å². The highest BCUT2D eigenvalue weighted by atomic mass is 79.9. The second-order valence-corrected chi connectivity index (χ2v) is 5.29. The second kappa shape index (κ2) is 7.00. The third kappa shape index (κ3) is 4.20. The standard InChI is InChI=1S/C13H17BrF2/c1-2-5-11(14)8-3-6-10-7-4-9-12(15)13(10)16/h4,7,9,11H,2-3,5-6,8H2,1H3. The van der Waals surface area contributed by atoms with Gasteiger partial charge >= 0.3 is 0 Å². The molecule has 16 heavy (non-hydrogen) atoms. The lowest BCUT2D eigenvalue weighted by molar-refractivity contribution is 0.495. The molecule has 0 saturated carbocycles. The van der Waals surface area contributed by atoms with Gasteiger partial charge in [-0.1, -0.05) is 41.4 Å². The molecule has 0 saturated heterocycles. The van der Waals surface area contributed by atoms with Crippen molar-refractivity contribution in [1.82, 2.24) is 0 Å². The second-order valence-electron chi connectivity index (χ2n) is 3.99. The van der Waals surface area contributed by atoms with E-state index in [1.54, 1.807) is 12.1 Å². The van der Waals surface area contributed by atoms with Gasteiger partial charge < -0.3 is 0 Å². The SMILES string of the molecule is CCCC(Br)CCCc1cccc(F)c1F. The lowest BCUT2D eigenvalue weighted by Gasteiger charge is -2.08. The molecule has 1 atom stereocenters. The molecule has 0 aliphatic rings. The lowest BCUT2D eigenvalue weighted by Crippen LogP contribution is -2.00. The average molecular weight is 291 g/mol. The number of aryl methyl sites for hydroxylation is 1. The summed E-state index contributed by atoms with van der Waals surface area (Å²) in [5, 5.41) is 0. The Morgan fingerprint density at radius 1 is 1.25 bits per heavy atom. The predicted molar refractivity (Wildman–Crippen MR) is 66.9 cm³/mol. The Morgan fingerprint density at radius 3 is 2.69 bits per heavy atom. The van der Waals surface area contributed by atoms with Crippen molar-refractivity contribution >= 4 is 15.9 Å². The van der Waals surface area contributed by atoms with E-state index < -0.39 is 11.6 Å². The van der Waals surface area contributed by atoms with Crippen LogP contribution in [0.4, 0.5) is 8.78 Å². The number of hydrogen-bond acceptors (Lipinski definition) is 0. The van der Waals surface area contributed by atoms with Crippen molar-refractivity contribution in [3.63, 3.8) is 0 Å². The van der Waals surface area contributed by atoms with Crippen molar-refractivity contribution in [3.8, 4) is 0 Å². The molecule has 0 fully saturated rings. The van der Waals surface area contributed by atoms with Crippen LogP contribution in [0.5, 0.6) is 0 Å². The van der Waals surface area contributed by atoms with Crippen molar-refractivity contribution in [2.45, 2.75) is 43.9 Å². The first kappa shape index (κ1) is 13.6. The van der Waals surface area contributed by atoms with Gasteiger partial charge in [-0.3, -0.25) is 0 Å². The zero-order valence-corrected chi connectivity index (χ0v) is 11.1. The maximum absolute atomic E-state index is 13.3. The van der Waals surface area contributed by atoms with Crippen molar-refractivity contribution < 1.29 is 8.78 Å². The zero-order chi connectivity index (χ0) is 12.0. The van der Waals surface area contributed by atoms with E-state index in [-0.39, 0.29) is 0 Å². The van der Waals surface area contributed by atoms with E-state index in [2.05, 4.69) is 22.9 Å². The monoisotopic (exact) mass is 290 g/mol. The van der Waals surface area contributed by atoms with Crippen LogP contribution in [0.25, 0.3) is 0 Å². The third-order valence-corrected chi connectivity index (χ3v) is 3.51. The van der Waals surface area contributed by atoms with Gasteiger partial charge in [-0.15, -0.1) is 0 Å². The summed E-state index contributed by atoms with van der Waals surface area (Å²) >= 11 is 3.58. The molecule has 0 bridgehead atoms. The topological polar surface area (TPSA) is 0 Å². The van der Waals surface area contributed by atoms with Gasteiger partial charge in [-0.2, -0.15) is 0 Å². The van der Waals surface area contributed by atoms with E-state index in [4.69, 9.17) is 0 Å². The van der Waals surface area contributed by atoms with Crippen LogP contribution in [-0.2, 0) is 6.42 Å². The van der Waals surface area contributed by atoms with Crippen LogP contribution >= 0.6 is 15.9 Å². The molecule has 0 radical (unpaired) electrons. The van der Waals surface area contributed by atoms with Crippen molar-refractivity contribution in [1.29, 1.82) is 0 Å². The first-order valence-electron chi connectivity index (χ1n) is 5.72. The van der Waals surface area contributed by atoms with Crippen LogP contribution < -0.4 is 0 Å². The Kier molecular flexibility index (Phi) is 5.96. The molecular formula is C13H17BrF2. The van der Waals surface area contributed by atoms with Crippen LogP contribution in [0.3, 0.4) is 0 Å². The molecule has 0 aliphatic heterocycles. The summed E-state index contributed by atoms with van der Waals surface area (Å²) in [4.78, 5) is 0.495. The predicted octanol–water partition coefficient (Wildman–Crippen LogP) is 4.85. The largest absolute Gasteiger partial charge is 0.204 e. The number of alkyl halides is 1. The fraction of sp³-hybridized carbons (Fsp3) is 0.538. The summed E-state index contributed by atoms with van der Waals surface area (Å²) in [6.45, 7) is 2.14. The minimum Gasteiger partial charge on any atom is -0.204 e. The summed E-state index contributed by atoms with van der Waals surface area (Å²) in [5.74, 6) is -1.44. The van der Waals surface area contributed by atoms with Crippen molar-refractivity contribution in [2.75, 3.05) is 0 Å². The fourth-order valence-corrected chi connectivity index (χ4v) is 2.49. The number of halogens is 3. The molecule has 90 valence electrons. The number of benzene rings is 1. The van der Waals surface area contributed by atoms with Gasteiger partial charge in [-0.05, 0) is 37.3 Å². The quantitative estimate of drug-likeness (QED) is 0.657. The smallest absolute Gasteiger partial charge is 0.162 e. The molecule has 1 rings (SSSR count). The van der Waals surface area contributed by atoms with Gasteiger partial charge in [0, 0.05) is 4.83 Å². The maximum Gasteiger partial charge on any atom is 0.162 e. The molecule has 0 heterocycles. The van der Waals surface area contributed by atoms with Crippen LogP contribution in [0, 0.1) is 11.6 Å². The Balaban J connectivity index is 2.40. The summed E-state index contributed by atoms with van der Waals surface area (Å²) in [6, 6.07) is 4.37. The zero-order valence-electron chi connectivity index (χ0n) is 9.48. The molecule has 0 amide bonds.